The molecule has 0 heterocycles. The molecule has 0 amide bonds. The summed E-state index contributed by atoms with van der Waals surface area (Å²) in [6, 6.07) is 0. The number of allylic oxidation sites excluding steroid dienone is 2. The lowest BCUT2D eigenvalue weighted by atomic mass is 9.71. The van der Waals surface area contributed by atoms with E-state index in [2.05, 4.69) is 32.9 Å². The van der Waals surface area contributed by atoms with Crippen molar-refractivity contribution < 1.29 is 14.2 Å². The van der Waals surface area contributed by atoms with Gasteiger partial charge in [-0.25, -0.2) is 0 Å². The van der Waals surface area contributed by atoms with Crippen LogP contribution in [0.5, 0.6) is 0 Å². The Bertz CT molecular complexity index is 376. The van der Waals surface area contributed by atoms with E-state index < -0.39 is 15.1 Å². The molecule has 1 fully saturated rings. The highest BCUT2D eigenvalue weighted by Crippen LogP contribution is 2.66. The van der Waals surface area contributed by atoms with Gasteiger partial charge in [0, 0.05) is 19.8 Å². The summed E-state index contributed by atoms with van der Waals surface area (Å²) in [4.78, 5) is 0. The van der Waals surface area contributed by atoms with Gasteiger partial charge in [-0.3, -0.25) is 0 Å². The normalized spacial score (nSPS) is 34.4. The van der Waals surface area contributed by atoms with Gasteiger partial charge in [0.15, 0.2) is 0 Å². The van der Waals surface area contributed by atoms with E-state index in [1.165, 1.54) is 6.42 Å². The number of rotatable bonds is 8. The van der Waals surface area contributed by atoms with Crippen molar-refractivity contribution in [2.24, 2.45) is 16.7 Å². The minimum Gasteiger partial charge on any atom is -0.332 e. The van der Waals surface area contributed by atoms with E-state index in [1.807, 2.05) is 20.8 Å². The van der Waals surface area contributed by atoms with Crippen molar-refractivity contribution in [2.75, 3.05) is 19.8 Å². The Balaban J connectivity index is 2.17. The van der Waals surface area contributed by atoms with Crippen LogP contribution in [-0.2, 0) is 14.2 Å². The Hall–Kier alpha value is -0.163. The molecule has 1 saturated carbocycles. The second-order valence-electron chi connectivity index (χ2n) is 7.17. The van der Waals surface area contributed by atoms with Crippen molar-refractivity contribution in [1.82, 2.24) is 0 Å². The number of fused-ring (bicyclic) bond motifs is 2. The molecule has 0 radical (unpaired) electrons. The Labute approximate surface area is 132 Å². The maximum Gasteiger partial charge on any atom is 0.249 e. The summed E-state index contributed by atoms with van der Waals surface area (Å²) in [7, 11) is -0.690. The summed E-state index contributed by atoms with van der Waals surface area (Å²) in [6.07, 6.45) is 6.13. The minimum absolute atomic E-state index is 0.325. The maximum absolute atomic E-state index is 5.97. The smallest absolute Gasteiger partial charge is 0.249 e. The van der Waals surface area contributed by atoms with Crippen LogP contribution in [-0.4, -0.2) is 34.9 Å². The van der Waals surface area contributed by atoms with Crippen LogP contribution in [0.25, 0.3) is 0 Å². The molecule has 3 unspecified atom stereocenters. The molecule has 2 aliphatic rings. The van der Waals surface area contributed by atoms with Crippen molar-refractivity contribution in [3.8, 4) is 0 Å². The van der Waals surface area contributed by atoms with E-state index in [1.54, 1.807) is 0 Å². The van der Waals surface area contributed by atoms with Gasteiger partial charge in [-0.15, -0.1) is 0 Å². The third kappa shape index (κ3) is 2.88. The van der Waals surface area contributed by atoms with Crippen molar-refractivity contribution >= 4 is 9.52 Å². The van der Waals surface area contributed by atoms with Crippen LogP contribution < -0.4 is 0 Å². The molecule has 21 heavy (non-hydrogen) atoms. The van der Waals surface area contributed by atoms with E-state index in [0.29, 0.717) is 42.1 Å². The molecule has 2 aliphatic carbocycles. The fourth-order valence-electron chi connectivity index (χ4n) is 4.38. The molecule has 3 nitrogen and oxygen atoms in total. The SMILES string of the molecule is CCOC(OCC)(OCC)[SiH2]C1CC2(C)C=CC1C2(C)C. The molecule has 0 N–H and O–H groups in total. The standard InChI is InChI=1S/C17H32O3Si/c1-7-18-17(19-8-2,20-9-3)21-14-12-16(6)11-10-13(14)15(16,4)5/h10-11,13-14H,7-9,12,21H2,1-6H3. The molecule has 4 heteroatoms. The zero-order chi connectivity index (χ0) is 15.7. The molecule has 122 valence electrons. The zero-order valence-corrected chi connectivity index (χ0v) is 16.0. The predicted molar refractivity (Wildman–Crippen MR) is 89.0 cm³/mol. The predicted octanol–water partition coefficient (Wildman–Crippen LogP) is 3.29. The van der Waals surface area contributed by atoms with Crippen molar-refractivity contribution in [3.63, 3.8) is 0 Å². The molecule has 0 aromatic rings. The summed E-state index contributed by atoms with van der Waals surface area (Å²) in [5.74, 6) is 0.648. The summed E-state index contributed by atoms with van der Waals surface area (Å²) in [5, 5.41) is 0. The number of hydrogen-bond acceptors (Lipinski definition) is 3. The quantitative estimate of drug-likeness (QED) is 0.391. The summed E-state index contributed by atoms with van der Waals surface area (Å²) >= 11 is 0. The van der Waals surface area contributed by atoms with Gasteiger partial charge in [0.25, 0.3) is 0 Å². The molecule has 0 aromatic heterocycles. The van der Waals surface area contributed by atoms with Gasteiger partial charge < -0.3 is 14.2 Å². The first-order valence-corrected chi connectivity index (χ1v) is 9.97. The molecule has 0 aliphatic heterocycles. The van der Waals surface area contributed by atoms with E-state index in [-0.39, 0.29) is 0 Å². The van der Waals surface area contributed by atoms with Gasteiger partial charge in [0.05, 0.1) is 0 Å². The highest BCUT2D eigenvalue weighted by molar-refractivity contribution is 6.40. The summed E-state index contributed by atoms with van der Waals surface area (Å²) in [5.41, 5.74) is 0.639. The van der Waals surface area contributed by atoms with Gasteiger partial charge in [0.1, 0.15) is 9.52 Å². The van der Waals surface area contributed by atoms with Crippen LogP contribution in [0, 0.1) is 16.7 Å². The lowest BCUT2D eigenvalue weighted by Gasteiger charge is -2.36. The van der Waals surface area contributed by atoms with Gasteiger partial charge in [0.2, 0.25) is 5.60 Å². The molecule has 0 spiro atoms. The first-order chi connectivity index (χ1) is 9.84. The van der Waals surface area contributed by atoms with Crippen LogP contribution in [0.15, 0.2) is 12.2 Å². The molecule has 2 bridgehead atoms. The lowest BCUT2D eigenvalue weighted by molar-refractivity contribution is -0.323. The second kappa shape index (κ2) is 6.15. The van der Waals surface area contributed by atoms with Crippen molar-refractivity contribution in [3.05, 3.63) is 12.2 Å². The summed E-state index contributed by atoms with van der Waals surface area (Å²) in [6.45, 7) is 15.2. The van der Waals surface area contributed by atoms with Gasteiger partial charge in [-0.05, 0) is 49.5 Å². The maximum atomic E-state index is 5.97. The summed E-state index contributed by atoms with van der Waals surface area (Å²) < 4.78 is 17.9. The highest BCUT2D eigenvalue weighted by Gasteiger charge is 2.59. The number of hydrogen-bond donors (Lipinski definition) is 0. The van der Waals surface area contributed by atoms with Crippen molar-refractivity contribution in [1.29, 1.82) is 0 Å². The van der Waals surface area contributed by atoms with Crippen LogP contribution in [0.3, 0.4) is 0 Å². The Morgan fingerprint density at radius 2 is 1.57 bits per heavy atom. The minimum atomic E-state index is -0.728. The van der Waals surface area contributed by atoms with E-state index in [0.717, 1.165) is 0 Å². The van der Waals surface area contributed by atoms with Crippen molar-refractivity contribution in [2.45, 2.75) is 59.1 Å². The monoisotopic (exact) mass is 312 g/mol. The fourth-order valence-corrected chi connectivity index (χ4v) is 7.74. The third-order valence-corrected chi connectivity index (χ3v) is 8.21. The molecular formula is C17H32O3Si. The first-order valence-electron chi connectivity index (χ1n) is 8.45. The second-order valence-corrected chi connectivity index (χ2v) is 9.50. The molecule has 2 rings (SSSR count). The number of ether oxygens (including phenoxy) is 3. The van der Waals surface area contributed by atoms with E-state index in [4.69, 9.17) is 14.2 Å². The average molecular weight is 313 g/mol. The lowest BCUT2D eigenvalue weighted by Crippen LogP contribution is -2.47. The fraction of sp³-hybridized carbons (Fsp3) is 0.882. The van der Waals surface area contributed by atoms with Crippen LogP contribution in [0.1, 0.15) is 48.0 Å². The Morgan fingerprint density at radius 3 is 1.90 bits per heavy atom. The largest absolute Gasteiger partial charge is 0.332 e. The molecular weight excluding hydrogens is 280 g/mol. The topological polar surface area (TPSA) is 27.7 Å². The molecule has 0 saturated heterocycles. The zero-order valence-electron chi connectivity index (χ0n) is 14.6. The van der Waals surface area contributed by atoms with Gasteiger partial charge in [-0.2, -0.15) is 0 Å². The Kier molecular flexibility index (Phi) is 5.03. The van der Waals surface area contributed by atoms with Gasteiger partial charge in [-0.1, -0.05) is 32.9 Å². The van der Waals surface area contributed by atoms with Crippen LogP contribution in [0.4, 0.5) is 0 Å². The highest BCUT2D eigenvalue weighted by atomic mass is 28.2. The van der Waals surface area contributed by atoms with Crippen LogP contribution in [0.2, 0.25) is 5.54 Å². The van der Waals surface area contributed by atoms with Crippen LogP contribution >= 0.6 is 0 Å². The molecule has 3 atom stereocenters. The Morgan fingerprint density at radius 1 is 1.05 bits per heavy atom. The first kappa shape index (κ1) is 17.2. The van der Waals surface area contributed by atoms with E-state index >= 15 is 0 Å². The average Bonchev–Trinajstić information content (AvgIpc) is 2.71. The third-order valence-electron chi connectivity index (χ3n) is 5.78. The van der Waals surface area contributed by atoms with E-state index in [9.17, 15) is 0 Å². The molecule has 0 aromatic carbocycles. The van der Waals surface area contributed by atoms with Gasteiger partial charge >= 0.3 is 0 Å².